The Morgan fingerprint density at radius 3 is 2.32 bits per heavy atom. The van der Waals surface area contributed by atoms with Crippen molar-refractivity contribution >= 4 is 26.8 Å². The highest BCUT2D eigenvalue weighted by atomic mass is 79.9. The fourth-order valence-electron chi connectivity index (χ4n) is 1.39. The van der Waals surface area contributed by atoms with Gasteiger partial charge in [-0.2, -0.15) is 13.2 Å². The van der Waals surface area contributed by atoms with Crippen molar-refractivity contribution in [2.24, 2.45) is 0 Å². The van der Waals surface area contributed by atoms with Crippen molar-refractivity contribution in [1.29, 1.82) is 0 Å². The van der Waals surface area contributed by atoms with Gasteiger partial charge < -0.3 is 4.57 Å². The van der Waals surface area contributed by atoms with E-state index >= 15 is 0 Å². The van der Waals surface area contributed by atoms with Gasteiger partial charge in [-0.15, -0.1) is 0 Å². The van der Waals surface area contributed by atoms with E-state index in [-0.39, 0.29) is 0 Å². The molecule has 0 amide bonds. The quantitative estimate of drug-likeness (QED) is 0.635. The Kier molecular flexibility index (Phi) is 7.75. The standard InChI is InChI=1S/C9H6BrF3N2.2C2H6/c10-8-3-6-1-2-15(5-9(11,12)13)7(6)4-14-8;2*1-2/h1-4H,5H2;2*1-2H3. The van der Waals surface area contributed by atoms with Crippen LogP contribution in [-0.2, 0) is 6.54 Å². The molecule has 0 aliphatic rings. The lowest BCUT2D eigenvalue weighted by molar-refractivity contribution is -0.139. The molecule has 0 spiro atoms. The Labute approximate surface area is 119 Å². The number of rotatable bonds is 1. The Morgan fingerprint density at radius 2 is 1.79 bits per heavy atom. The molecule has 19 heavy (non-hydrogen) atoms. The summed E-state index contributed by atoms with van der Waals surface area (Å²) >= 11 is 3.16. The second-order valence-corrected chi connectivity index (χ2v) is 3.94. The predicted octanol–water partition coefficient (Wildman–Crippen LogP) is 5.41. The molecule has 2 rings (SSSR count). The van der Waals surface area contributed by atoms with Crippen LogP contribution in [0.1, 0.15) is 27.7 Å². The SMILES string of the molecule is CC.CC.FC(F)(F)Cn1ccc2cc(Br)ncc21. The molecule has 0 N–H and O–H groups in total. The summed E-state index contributed by atoms with van der Waals surface area (Å²) in [6.07, 6.45) is -1.38. The molecule has 0 aliphatic carbocycles. The zero-order valence-electron chi connectivity index (χ0n) is 11.4. The van der Waals surface area contributed by atoms with E-state index < -0.39 is 12.7 Å². The summed E-state index contributed by atoms with van der Waals surface area (Å²) < 4.78 is 38.3. The molecule has 2 heterocycles. The van der Waals surface area contributed by atoms with Gasteiger partial charge in [0, 0.05) is 11.6 Å². The first-order valence-corrected chi connectivity index (χ1v) is 6.92. The van der Waals surface area contributed by atoms with Gasteiger partial charge in [-0.1, -0.05) is 27.7 Å². The lowest BCUT2D eigenvalue weighted by Gasteiger charge is -2.08. The minimum absolute atomic E-state index is 0.482. The summed E-state index contributed by atoms with van der Waals surface area (Å²) in [5, 5.41) is 0.737. The van der Waals surface area contributed by atoms with Gasteiger partial charge in [0.15, 0.2) is 0 Å². The van der Waals surface area contributed by atoms with Crippen LogP contribution in [0.3, 0.4) is 0 Å². The van der Waals surface area contributed by atoms with Crippen LogP contribution in [0, 0.1) is 0 Å². The Hall–Kier alpha value is -1.04. The third kappa shape index (κ3) is 5.63. The maximum absolute atomic E-state index is 12.2. The molecule has 0 aromatic carbocycles. The van der Waals surface area contributed by atoms with E-state index in [0.717, 1.165) is 9.95 Å². The minimum atomic E-state index is -4.21. The predicted molar refractivity (Wildman–Crippen MR) is 76.2 cm³/mol. The first-order valence-electron chi connectivity index (χ1n) is 6.13. The summed E-state index contributed by atoms with van der Waals surface area (Å²) in [5.41, 5.74) is 0.482. The molecule has 0 saturated carbocycles. The highest BCUT2D eigenvalue weighted by Gasteiger charge is 2.28. The number of hydrogen-bond donors (Lipinski definition) is 0. The Morgan fingerprint density at radius 1 is 1.21 bits per heavy atom. The Balaban J connectivity index is 0.000000741. The Bertz CT molecular complexity index is 492. The van der Waals surface area contributed by atoms with Crippen molar-refractivity contribution in [2.45, 2.75) is 40.4 Å². The van der Waals surface area contributed by atoms with E-state index in [1.807, 2.05) is 27.7 Å². The van der Waals surface area contributed by atoms with E-state index in [4.69, 9.17) is 0 Å². The highest BCUT2D eigenvalue weighted by molar-refractivity contribution is 9.10. The van der Waals surface area contributed by atoms with Crippen LogP contribution in [0.4, 0.5) is 13.2 Å². The first kappa shape index (κ1) is 18.0. The van der Waals surface area contributed by atoms with Crippen LogP contribution >= 0.6 is 15.9 Å². The summed E-state index contributed by atoms with van der Waals surface area (Å²) in [5.74, 6) is 0. The van der Waals surface area contributed by atoms with Crippen LogP contribution < -0.4 is 0 Å². The second kappa shape index (κ2) is 8.19. The van der Waals surface area contributed by atoms with Crippen molar-refractivity contribution in [3.05, 3.63) is 29.1 Å². The van der Waals surface area contributed by atoms with Crippen molar-refractivity contribution < 1.29 is 13.2 Å². The average molecular weight is 339 g/mol. The number of aromatic nitrogens is 2. The van der Waals surface area contributed by atoms with Crippen LogP contribution in [-0.4, -0.2) is 15.7 Å². The normalized spacial score (nSPS) is 10.3. The fraction of sp³-hybridized carbons (Fsp3) is 0.462. The molecular weight excluding hydrogens is 321 g/mol. The number of halogens is 4. The second-order valence-electron chi connectivity index (χ2n) is 3.12. The zero-order chi connectivity index (χ0) is 15.1. The van der Waals surface area contributed by atoms with Crippen molar-refractivity contribution in [3.63, 3.8) is 0 Å². The van der Waals surface area contributed by atoms with E-state index in [9.17, 15) is 13.2 Å². The van der Waals surface area contributed by atoms with Crippen LogP contribution in [0.15, 0.2) is 29.1 Å². The number of alkyl halides is 3. The van der Waals surface area contributed by atoms with Gasteiger partial charge >= 0.3 is 6.18 Å². The van der Waals surface area contributed by atoms with Crippen molar-refractivity contribution in [3.8, 4) is 0 Å². The smallest absolute Gasteiger partial charge is 0.337 e. The molecule has 0 atom stereocenters. The molecule has 0 bridgehead atoms. The van der Waals surface area contributed by atoms with Crippen molar-refractivity contribution in [2.75, 3.05) is 0 Å². The molecule has 0 radical (unpaired) electrons. The third-order valence-electron chi connectivity index (χ3n) is 1.97. The minimum Gasteiger partial charge on any atom is -0.337 e. The topological polar surface area (TPSA) is 17.8 Å². The third-order valence-corrected chi connectivity index (χ3v) is 2.41. The maximum atomic E-state index is 12.2. The summed E-state index contributed by atoms with van der Waals surface area (Å²) in [6.45, 7) is 7.01. The largest absolute Gasteiger partial charge is 0.406 e. The van der Waals surface area contributed by atoms with Crippen LogP contribution in [0.5, 0.6) is 0 Å². The summed E-state index contributed by atoms with van der Waals surface area (Å²) in [7, 11) is 0. The first-order chi connectivity index (χ1) is 8.96. The molecule has 2 nitrogen and oxygen atoms in total. The number of nitrogens with zero attached hydrogens (tertiary/aromatic N) is 2. The molecule has 2 aromatic heterocycles. The van der Waals surface area contributed by atoms with Gasteiger partial charge in [0.25, 0.3) is 0 Å². The lowest BCUT2D eigenvalue weighted by atomic mass is 10.3. The molecule has 0 fully saturated rings. The highest BCUT2D eigenvalue weighted by Crippen LogP contribution is 2.23. The molecule has 108 valence electrons. The van der Waals surface area contributed by atoms with Gasteiger partial charge in [-0.05, 0) is 28.1 Å². The summed E-state index contributed by atoms with van der Waals surface area (Å²) in [6, 6.07) is 3.32. The lowest BCUT2D eigenvalue weighted by Crippen LogP contribution is -2.16. The maximum Gasteiger partial charge on any atom is 0.406 e. The zero-order valence-corrected chi connectivity index (χ0v) is 13.0. The van der Waals surface area contributed by atoms with Gasteiger partial charge in [0.05, 0.1) is 11.7 Å². The molecule has 0 saturated heterocycles. The monoisotopic (exact) mass is 338 g/mol. The van der Waals surface area contributed by atoms with E-state index in [1.165, 1.54) is 12.4 Å². The number of fused-ring (bicyclic) bond motifs is 1. The molecule has 2 aromatic rings. The molecule has 0 aliphatic heterocycles. The number of pyridine rings is 1. The molecular formula is C13H18BrF3N2. The van der Waals surface area contributed by atoms with E-state index in [2.05, 4.69) is 20.9 Å². The number of hydrogen-bond acceptors (Lipinski definition) is 1. The van der Waals surface area contributed by atoms with E-state index in [0.29, 0.717) is 10.1 Å². The van der Waals surface area contributed by atoms with Gasteiger partial charge in [0.1, 0.15) is 11.1 Å². The molecule has 6 heteroatoms. The summed E-state index contributed by atoms with van der Waals surface area (Å²) in [4.78, 5) is 3.90. The fourth-order valence-corrected chi connectivity index (χ4v) is 1.74. The van der Waals surface area contributed by atoms with E-state index in [1.54, 1.807) is 12.1 Å². The van der Waals surface area contributed by atoms with Crippen LogP contribution in [0.25, 0.3) is 10.9 Å². The van der Waals surface area contributed by atoms with Crippen molar-refractivity contribution in [1.82, 2.24) is 9.55 Å². The van der Waals surface area contributed by atoms with Crippen LogP contribution in [0.2, 0.25) is 0 Å². The van der Waals surface area contributed by atoms with Gasteiger partial charge in [-0.3, -0.25) is 0 Å². The van der Waals surface area contributed by atoms with Gasteiger partial charge in [0.2, 0.25) is 0 Å². The average Bonchev–Trinajstić information content (AvgIpc) is 2.74. The molecule has 0 unspecified atom stereocenters. The van der Waals surface area contributed by atoms with Gasteiger partial charge in [-0.25, -0.2) is 4.98 Å².